The minimum atomic E-state index is -0.128. The Bertz CT molecular complexity index is 220. The maximum absolute atomic E-state index is 11.1. The molecular weight excluding hydrogens is 188 g/mol. The number of hydrogen-bond acceptors (Lipinski definition) is 2. The van der Waals surface area contributed by atoms with Gasteiger partial charge in [-0.1, -0.05) is 27.2 Å². The molecule has 3 nitrogen and oxygen atoms in total. The van der Waals surface area contributed by atoms with E-state index in [1.165, 1.54) is 6.42 Å². The van der Waals surface area contributed by atoms with Gasteiger partial charge in [-0.15, -0.1) is 0 Å². The van der Waals surface area contributed by atoms with Crippen molar-refractivity contribution in [1.29, 1.82) is 0 Å². The van der Waals surface area contributed by atoms with E-state index in [0.29, 0.717) is 11.5 Å². The Labute approximate surface area is 92.8 Å². The van der Waals surface area contributed by atoms with Gasteiger partial charge in [0.25, 0.3) is 0 Å². The summed E-state index contributed by atoms with van der Waals surface area (Å²) in [5, 5.41) is 3.54. The molecule has 0 saturated heterocycles. The largest absolute Gasteiger partial charge is 0.369 e. The summed E-state index contributed by atoms with van der Waals surface area (Å²) in [5.41, 5.74) is 5.65. The molecule has 3 N–H and O–H groups in total. The van der Waals surface area contributed by atoms with Gasteiger partial charge in [0.15, 0.2) is 0 Å². The Morgan fingerprint density at radius 3 is 2.60 bits per heavy atom. The SMILES string of the molecule is CC(C)(C)CNC1CCCC(C(N)=O)C1. The number of hydrogen-bond donors (Lipinski definition) is 2. The summed E-state index contributed by atoms with van der Waals surface area (Å²) in [5.74, 6) is -0.0338. The normalized spacial score (nSPS) is 27.7. The van der Waals surface area contributed by atoms with Crippen LogP contribution in [0.4, 0.5) is 0 Å². The van der Waals surface area contributed by atoms with Crippen molar-refractivity contribution in [3.05, 3.63) is 0 Å². The third kappa shape index (κ3) is 4.65. The average Bonchev–Trinajstić information content (AvgIpc) is 2.14. The highest BCUT2D eigenvalue weighted by Gasteiger charge is 2.26. The third-order valence-electron chi connectivity index (χ3n) is 3.00. The smallest absolute Gasteiger partial charge is 0.220 e. The zero-order chi connectivity index (χ0) is 11.5. The first-order valence-corrected chi connectivity index (χ1v) is 5.91. The monoisotopic (exact) mass is 212 g/mol. The minimum absolute atomic E-state index is 0.0937. The van der Waals surface area contributed by atoms with Gasteiger partial charge in [0.05, 0.1) is 0 Å². The fourth-order valence-corrected chi connectivity index (χ4v) is 2.08. The lowest BCUT2D eigenvalue weighted by Gasteiger charge is -2.30. The lowest BCUT2D eigenvalue weighted by molar-refractivity contribution is -0.122. The molecule has 2 unspecified atom stereocenters. The maximum atomic E-state index is 11.1. The molecular formula is C12H24N2O. The van der Waals surface area contributed by atoms with E-state index in [9.17, 15) is 4.79 Å². The van der Waals surface area contributed by atoms with Crippen LogP contribution in [0.25, 0.3) is 0 Å². The maximum Gasteiger partial charge on any atom is 0.220 e. The predicted octanol–water partition coefficient (Wildman–Crippen LogP) is 1.67. The second-order valence-electron chi connectivity index (χ2n) is 5.90. The van der Waals surface area contributed by atoms with E-state index in [-0.39, 0.29) is 11.8 Å². The Hall–Kier alpha value is -0.570. The standard InChI is InChI=1S/C12H24N2O/c1-12(2,3)8-14-10-6-4-5-9(7-10)11(13)15/h9-10,14H,4-8H2,1-3H3,(H2,13,15). The quantitative estimate of drug-likeness (QED) is 0.747. The molecule has 0 aromatic rings. The van der Waals surface area contributed by atoms with Crippen molar-refractivity contribution in [2.75, 3.05) is 6.54 Å². The van der Waals surface area contributed by atoms with E-state index in [1.807, 2.05) is 0 Å². The molecule has 1 fully saturated rings. The third-order valence-corrected chi connectivity index (χ3v) is 3.00. The van der Waals surface area contributed by atoms with Crippen molar-refractivity contribution in [3.63, 3.8) is 0 Å². The summed E-state index contributed by atoms with van der Waals surface area (Å²) < 4.78 is 0. The average molecular weight is 212 g/mol. The lowest BCUT2D eigenvalue weighted by Crippen LogP contribution is -2.41. The van der Waals surface area contributed by atoms with Gasteiger partial charge < -0.3 is 11.1 Å². The fraction of sp³-hybridized carbons (Fsp3) is 0.917. The first kappa shape index (κ1) is 12.5. The fourth-order valence-electron chi connectivity index (χ4n) is 2.08. The molecule has 0 bridgehead atoms. The van der Waals surface area contributed by atoms with Gasteiger partial charge in [-0.25, -0.2) is 0 Å². The van der Waals surface area contributed by atoms with E-state index in [4.69, 9.17) is 5.73 Å². The number of nitrogens with one attached hydrogen (secondary N) is 1. The Morgan fingerprint density at radius 2 is 2.07 bits per heavy atom. The van der Waals surface area contributed by atoms with E-state index in [2.05, 4.69) is 26.1 Å². The minimum Gasteiger partial charge on any atom is -0.369 e. The molecule has 1 saturated carbocycles. The van der Waals surface area contributed by atoms with Gasteiger partial charge in [0.2, 0.25) is 5.91 Å². The van der Waals surface area contributed by atoms with Crippen LogP contribution in [0.5, 0.6) is 0 Å². The summed E-state index contributed by atoms with van der Waals surface area (Å²) in [4.78, 5) is 11.1. The molecule has 0 aliphatic heterocycles. The molecule has 88 valence electrons. The molecule has 0 radical (unpaired) electrons. The number of nitrogens with two attached hydrogens (primary N) is 1. The molecule has 2 atom stereocenters. The molecule has 1 aliphatic carbocycles. The molecule has 3 heteroatoms. The second-order valence-corrected chi connectivity index (χ2v) is 5.90. The molecule has 1 aliphatic rings. The number of amides is 1. The summed E-state index contributed by atoms with van der Waals surface area (Å²) in [6, 6.07) is 0.482. The Kier molecular flexibility index (Phi) is 4.14. The summed E-state index contributed by atoms with van der Waals surface area (Å²) in [6.45, 7) is 7.65. The highest BCUT2D eigenvalue weighted by atomic mass is 16.1. The number of primary amides is 1. The molecule has 0 spiro atoms. The lowest BCUT2D eigenvalue weighted by atomic mass is 9.84. The highest BCUT2D eigenvalue weighted by molar-refractivity contribution is 5.76. The highest BCUT2D eigenvalue weighted by Crippen LogP contribution is 2.24. The summed E-state index contributed by atoms with van der Waals surface area (Å²) in [7, 11) is 0. The zero-order valence-electron chi connectivity index (χ0n) is 10.2. The number of carbonyl (C=O) groups excluding carboxylic acids is 1. The molecule has 0 aromatic heterocycles. The molecule has 0 heterocycles. The van der Waals surface area contributed by atoms with Crippen molar-refractivity contribution < 1.29 is 4.79 Å². The van der Waals surface area contributed by atoms with Crippen molar-refractivity contribution >= 4 is 5.91 Å². The van der Waals surface area contributed by atoms with Crippen LogP contribution in [0.1, 0.15) is 46.5 Å². The Morgan fingerprint density at radius 1 is 1.40 bits per heavy atom. The van der Waals surface area contributed by atoms with Gasteiger partial charge in [-0.2, -0.15) is 0 Å². The van der Waals surface area contributed by atoms with Crippen LogP contribution in [-0.4, -0.2) is 18.5 Å². The summed E-state index contributed by atoms with van der Waals surface area (Å²) >= 11 is 0. The first-order chi connectivity index (χ1) is 6.88. The second kappa shape index (κ2) is 4.97. The molecule has 0 aromatic carbocycles. The van der Waals surface area contributed by atoms with Crippen LogP contribution in [0.2, 0.25) is 0 Å². The van der Waals surface area contributed by atoms with E-state index in [1.54, 1.807) is 0 Å². The van der Waals surface area contributed by atoms with Crippen molar-refractivity contribution in [2.45, 2.75) is 52.5 Å². The van der Waals surface area contributed by atoms with Crippen molar-refractivity contribution in [2.24, 2.45) is 17.1 Å². The predicted molar refractivity (Wildman–Crippen MR) is 62.4 cm³/mol. The van der Waals surface area contributed by atoms with Crippen molar-refractivity contribution in [3.8, 4) is 0 Å². The van der Waals surface area contributed by atoms with Crippen LogP contribution >= 0.6 is 0 Å². The first-order valence-electron chi connectivity index (χ1n) is 5.91. The molecule has 1 amide bonds. The number of carbonyl (C=O) groups is 1. The molecule has 1 rings (SSSR count). The van der Waals surface area contributed by atoms with E-state index < -0.39 is 0 Å². The van der Waals surface area contributed by atoms with Gasteiger partial charge in [0.1, 0.15) is 0 Å². The topological polar surface area (TPSA) is 55.1 Å². The number of rotatable bonds is 3. The van der Waals surface area contributed by atoms with Gasteiger partial charge >= 0.3 is 0 Å². The molecule has 15 heavy (non-hydrogen) atoms. The van der Waals surface area contributed by atoms with Crippen LogP contribution in [0.15, 0.2) is 0 Å². The van der Waals surface area contributed by atoms with E-state index >= 15 is 0 Å². The van der Waals surface area contributed by atoms with E-state index in [0.717, 1.165) is 25.8 Å². The zero-order valence-corrected chi connectivity index (χ0v) is 10.2. The Balaban J connectivity index is 2.34. The summed E-state index contributed by atoms with van der Waals surface area (Å²) in [6.07, 6.45) is 4.20. The van der Waals surface area contributed by atoms with Gasteiger partial charge in [-0.05, 0) is 24.7 Å². The van der Waals surface area contributed by atoms with Crippen LogP contribution in [0, 0.1) is 11.3 Å². The van der Waals surface area contributed by atoms with Gasteiger partial charge in [-0.3, -0.25) is 4.79 Å². The van der Waals surface area contributed by atoms with Gasteiger partial charge in [0, 0.05) is 18.5 Å². The van der Waals surface area contributed by atoms with Crippen LogP contribution in [-0.2, 0) is 4.79 Å². The van der Waals surface area contributed by atoms with Crippen LogP contribution in [0.3, 0.4) is 0 Å². The van der Waals surface area contributed by atoms with Crippen molar-refractivity contribution in [1.82, 2.24) is 5.32 Å². The van der Waals surface area contributed by atoms with Crippen LogP contribution < -0.4 is 11.1 Å².